The van der Waals surface area contributed by atoms with Gasteiger partial charge in [-0.15, -0.1) is 6.58 Å². The van der Waals surface area contributed by atoms with Crippen LogP contribution in [0.5, 0.6) is 0 Å². The van der Waals surface area contributed by atoms with Gasteiger partial charge in [0.1, 0.15) is 0 Å². The van der Waals surface area contributed by atoms with Crippen molar-refractivity contribution < 1.29 is 5.11 Å². The van der Waals surface area contributed by atoms with Gasteiger partial charge in [-0.05, 0) is 19.3 Å². The number of aliphatic hydroxyl groups is 1. The molecule has 0 amide bonds. The van der Waals surface area contributed by atoms with Crippen LogP contribution in [-0.4, -0.2) is 11.7 Å². The third-order valence-corrected chi connectivity index (χ3v) is 2.04. The Morgan fingerprint density at radius 1 is 1.80 bits per heavy atom. The Hall–Kier alpha value is -0.560. The van der Waals surface area contributed by atoms with Crippen LogP contribution in [0.1, 0.15) is 19.3 Å². The highest BCUT2D eigenvalue weighted by atomic mass is 16.3. The van der Waals surface area contributed by atoms with Crippen LogP contribution in [0.4, 0.5) is 0 Å². The van der Waals surface area contributed by atoms with Gasteiger partial charge in [0.15, 0.2) is 0 Å². The summed E-state index contributed by atoms with van der Waals surface area (Å²) in [6.07, 6.45) is 7.38. The molecule has 0 aromatic heterocycles. The van der Waals surface area contributed by atoms with Crippen molar-refractivity contribution in [2.75, 3.05) is 6.61 Å². The molecule has 1 aliphatic rings. The third kappa shape index (κ3) is 1.48. The van der Waals surface area contributed by atoms with Gasteiger partial charge in [-0.2, -0.15) is 0 Å². The molecule has 0 aromatic rings. The smallest absolute Gasteiger partial charge is 0.0499 e. The molecule has 0 fully saturated rings. The lowest BCUT2D eigenvalue weighted by atomic mass is 9.85. The summed E-state index contributed by atoms with van der Waals surface area (Å²) >= 11 is 0. The highest BCUT2D eigenvalue weighted by molar-refractivity contribution is 5.16. The van der Waals surface area contributed by atoms with E-state index in [1.165, 1.54) is 18.4 Å². The van der Waals surface area contributed by atoms with Gasteiger partial charge in [-0.1, -0.05) is 17.7 Å². The molecule has 0 aromatic carbocycles. The molecule has 1 unspecified atom stereocenters. The molecular formula is C9H14O. The number of rotatable bonds is 4. The average Bonchev–Trinajstić information content (AvgIpc) is 1.83. The number of hydrogen-bond acceptors (Lipinski definition) is 1. The highest BCUT2D eigenvalue weighted by Crippen LogP contribution is 2.27. The molecule has 1 aliphatic carbocycles. The molecule has 0 aliphatic heterocycles. The van der Waals surface area contributed by atoms with Crippen molar-refractivity contribution in [2.24, 2.45) is 5.92 Å². The maximum Gasteiger partial charge on any atom is 0.0499 e. The van der Waals surface area contributed by atoms with Crippen molar-refractivity contribution in [1.82, 2.24) is 0 Å². The topological polar surface area (TPSA) is 20.2 Å². The quantitative estimate of drug-likeness (QED) is 0.588. The Morgan fingerprint density at radius 3 is 2.80 bits per heavy atom. The van der Waals surface area contributed by atoms with Crippen molar-refractivity contribution in [2.45, 2.75) is 19.3 Å². The molecule has 56 valence electrons. The third-order valence-electron chi connectivity index (χ3n) is 2.04. The SMILES string of the molecule is C=CCC(CO)C1=CCC1. The van der Waals surface area contributed by atoms with E-state index in [1.54, 1.807) is 0 Å². The van der Waals surface area contributed by atoms with E-state index < -0.39 is 0 Å². The van der Waals surface area contributed by atoms with E-state index in [9.17, 15) is 0 Å². The Bertz CT molecular complexity index is 147. The van der Waals surface area contributed by atoms with Gasteiger partial charge < -0.3 is 5.11 Å². The molecule has 0 saturated heterocycles. The van der Waals surface area contributed by atoms with Crippen molar-refractivity contribution in [3.63, 3.8) is 0 Å². The second-order valence-corrected chi connectivity index (χ2v) is 2.72. The maximum atomic E-state index is 8.90. The van der Waals surface area contributed by atoms with E-state index in [0.29, 0.717) is 5.92 Å². The van der Waals surface area contributed by atoms with Crippen LogP contribution in [0, 0.1) is 5.92 Å². The van der Waals surface area contributed by atoms with Gasteiger partial charge in [-0.3, -0.25) is 0 Å². The standard InChI is InChI=1S/C9H14O/c1-2-4-9(7-10)8-5-3-6-8/h2,5,9-10H,1,3-4,6-7H2. The molecule has 1 N–H and O–H groups in total. The van der Waals surface area contributed by atoms with Gasteiger partial charge >= 0.3 is 0 Å². The lowest BCUT2D eigenvalue weighted by Crippen LogP contribution is -2.12. The van der Waals surface area contributed by atoms with E-state index in [1.807, 2.05) is 6.08 Å². The van der Waals surface area contributed by atoms with Gasteiger partial charge in [0, 0.05) is 12.5 Å². The molecule has 1 heteroatoms. The summed E-state index contributed by atoms with van der Waals surface area (Å²) in [6.45, 7) is 3.93. The van der Waals surface area contributed by atoms with E-state index in [4.69, 9.17) is 5.11 Å². The molecular weight excluding hydrogens is 124 g/mol. The Morgan fingerprint density at radius 2 is 2.50 bits per heavy atom. The number of hydrogen-bond donors (Lipinski definition) is 1. The number of allylic oxidation sites excluding steroid dienone is 2. The molecule has 0 bridgehead atoms. The zero-order valence-corrected chi connectivity index (χ0v) is 6.21. The molecule has 1 nitrogen and oxygen atoms in total. The predicted octanol–water partition coefficient (Wildman–Crippen LogP) is 1.89. The van der Waals surface area contributed by atoms with Crippen LogP contribution in [-0.2, 0) is 0 Å². The second kappa shape index (κ2) is 3.57. The van der Waals surface area contributed by atoms with Crippen LogP contribution in [0.2, 0.25) is 0 Å². The van der Waals surface area contributed by atoms with Crippen molar-refractivity contribution in [3.05, 3.63) is 24.3 Å². The Labute approximate surface area is 62.1 Å². The fourth-order valence-corrected chi connectivity index (χ4v) is 1.23. The summed E-state index contributed by atoms with van der Waals surface area (Å²) in [5, 5.41) is 8.90. The lowest BCUT2D eigenvalue weighted by Gasteiger charge is -2.22. The van der Waals surface area contributed by atoms with E-state index in [0.717, 1.165) is 6.42 Å². The van der Waals surface area contributed by atoms with Crippen molar-refractivity contribution in [1.29, 1.82) is 0 Å². The fourth-order valence-electron chi connectivity index (χ4n) is 1.23. The summed E-state index contributed by atoms with van der Waals surface area (Å²) in [7, 11) is 0. The van der Waals surface area contributed by atoms with Gasteiger partial charge in [0.2, 0.25) is 0 Å². The molecule has 1 atom stereocenters. The maximum absolute atomic E-state index is 8.90. The van der Waals surface area contributed by atoms with Crippen LogP contribution in [0.25, 0.3) is 0 Å². The summed E-state index contributed by atoms with van der Waals surface area (Å²) in [5.41, 5.74) is 1.42. The number of aliphatic hydroxyl groups excluding tert-OH is 1. The molecule has 0 heterocycles. The molecule has 0 saturated carbocycles. The minimum absolute atomic E-state index is 0.276. The monoisotopic (exact) mass is 138 g/mol. The predicted molar refractivity (Wildman–Crippen MR) is 42.7 cm³/mol. The average molecular weight is 138 g/mol. The summed E-state index contributed by atoms with van der Waals surface area (Å²) in [6, 6.07) is 0. The van der Waals surface area contributed by atoms with Gasteiger partial charge in [0.05, 0.1) is 0 Å². The fraction of sp³-hybridized carbons (Fsp3) is 0.556. The van der Waals surface area contributed by atoms with E-state index >= 15 is 0 Å². The Balaban J connectivity index is 2.39. The molecule has 10 heavy (non-hydrogen) atoms. The van der Waals surface area contributed by atoms with E-state index in [-0.39, 0.29) is 6.61 Å². The summed E-state index contributed by atoms with van der Waals surface area (Å²) in [5.74, 6) is 0.367. The highest BCUT2D eigenvalue weighted by Gasteiger charge is 2.15. The van der Waals surface area contributed by atoms with Gasteiger partial charge in [0.25, 0.3) is 0 Å². The van der Waals surface area contributed by atoms with Crippen LogP contribution >= 0.6 is 0 Å². The summed E-state index contributed by atoms with van der Waals surface area (Å²) < 4.78 is 0. The van der Waals surface area contributed by atoms with Crippen LogP contribution < -0.4 is 0 Å². The molecule has 1 rings (SSSR count). The minimum atomic E-state index is 0.276. The lowest BCUT2D eigenvalue weighted by molar-refractivity contribution is 0.242. The normalized spacial score (nSPS) is 19.1. The van der Waals surface area contributed by atoms with Crippen LogP contribution in [0.15, 0.2) is 24.3 Å². The molecule has 0 radical (unpaired) electrons. The van der Waals surface area contributed by atoms with Crippen molar-refractivity contribution in [3.8, 4) is 0 Å². The first-order valence-electron chi connectivity index (χ1n) is 3.79. The Kier molecular flexibility index (Phi) is 2.69. The van der Waals surface area contributed by atoms with Gasteiger partial charge in [-0.25, -0.2) is 0 Å². The zero-order valence-electron chi connectivity index (χ0n) is 6.21. The first-order valence-corrected chi connectivity index (χ1v) is 3.79. The zero-order chi connectivity index (χ0) is 7.40. The first-order chi connectivity index (χ1) is 4.88. The second-order valence-electron chi connectivity index (χ2n) is 2.72. The van der Waals surface area contributed by atoms with E-state index in [2.05, 4.69) is 12.7 Å². The van der Waals surface area contributed by atoms with Crippen LogP contribution in [0.3, 0.4) is 0 Å². The van der Waals surface area contributed by atoms with Crippen molar-refractivity contribution >= 4 is 0 Å². The largest absolute Gasteiger partial charge is 0.396 e. The molecule has 0 spiro atoms. The minimum Gasteiger partial charge on any atom is -0.396 e. The first kappa shape index (κ1) is 7.55. The summed E-state index contributed by atoms with van der Waals surface area (Å²) in [4.78, 5) is 0.